The van der Waals surface area contributed by atoms with Crippen LogP contribution >= 0.6 is 0 Å². The van der Waals surface area contributed by atoms with E-state index >= 15 is 0 Å². The van der Waals surface area contributed by atoms with Crippen molar-refractivity contribution in [1.82, 2.24) is 10.6 Å². The van der Waals surface area contributed by atoms with Gasteiger partial charge in [0.1, 0.15) is 0 Å². The number of unbranched alkanes of at least 4 members (excludes halogenated alkanes) is 1. The molecule has 0 bridgehead atoms. The van der Waals surface area contributed by atoms with Crippen LogP contribution in [-0.4, -0.2) is 26.2 Å². The SMILES string of the molecule is CCCCC(CC)CNCCCC1CCCNC1. The van der Waals surface area contributed by atoms with Crippen LogP contribution in [0.15, 0.2) is 0 Å². The summed E-state index contributed by atoms with van der Waals surface area (Å²) in [5.74, 6) is 1.85. The van der Waals surface area contributed by atoms with Gasteiger partial charge in [-0.05, 0) is 70.1 Å². The first-order chi connectivity index (χ1) is 8.86. The molecule has 0 aromatic carbocycles. The second-order valence-electron chi connectivity index (χ2n) is 5.98. The molecular weight excluding hydrogens is 220 g/mol. The summed E-state index contributed by atoms with van der Waals surface area (Å²) in [6.45, 7) is 9.57. The highest BCUT2D eigenvalue weighted by atomic mass is 14.9. The first-order valence-electron chi connectivity index (χ1n) is 8.28. The van der Waals surface area contributed by atoms with Gasteiger partial charge in [-0.25, -0.2) is 0 Å². The van der Waals surface area contributed by atoms with Gasteiger partial charge in [0.05, 0.1) is 0 Å². The van der Waals surface area contributed by atoms with Gasteiger partial charge < -0.3 is 10.6 Å². The van der Waals surface area contributed by atoms with Gasteiger partial charge >= 0.3 is 0 Å². The highest BCUT2D eigenvalue weighted by Gasteiger charge is 2.12. The summed E-state index contributed by atoms with van der Waals surface area (Å²) in [5.41, 5.74) is 0. The summed E-state index contributed by atoms with van der Waals surface area (Å²) in [7, 11) is 0. The second-order valence-corrected chi connectivity index (χ2v) is 5.98. The maximum atomic E-state index is 3.66. The molecule has 1 aliphatic rings. The fraction of sp³-hybridized carbons (Fsp3) is 1.00. The predicted molar refractivity (Wildman–Crippen MR) is 81.0 cm³/mol. The lowest BCUT2D eigenvalue weighted by Gasteiger charge is -2.22. The van der Waals surface area contributed by atoms with Crippen molar-refractivity contribution in [3.05, 3.63) is 0 Å². The number of rotatable bonds is 10. The van der Waals surface area contributed by atoms with Crippen LogP contribution in [0.1, 0.15) is 65.2 Å². The van der Waals surface area contributed by atoms with Crippen molar-refractivity contribution in [2.45, 2.75) is 65.2 Å². The summed E-state index contributed by atoms with van der Waals surface area (Å²) in [6.07, 6.45) is 11.1. The molecule has 2 atom stereocenters. The Kier molecular flexibility index (Phi) is 9.59. The zero-order valence-corrected chi connectivity index (χ0v) is 12.6. The van der Waals surface area contributed by atoms with E-state index in [4.69, 9.17) is 0 Å². The van der Waals surface area contributed by atoms with E-state index in [9.17, 15) is 0 Å². The lowest BCUT2D eigenvalue weighted by Crippen LogP contribution is -2.30. The van der Waals surface area contributed by atoms with Crippen LogP contribution in [0.25, 0.3) is 0 Å². The zero-order valence-electron chi connectivity index (χ0n) is 12.6. The van der Waals surface area contributed by atoms with E-state index < -0.39 is 0 Å². The van der Waals surface area contributed by atoms with Gasteiger partial charge in [0.15, 0.2) is 0 Å². The Balaban J connectivity index is 1.93. The molecule has 0 amide bonds. The Morgan fingerprint density at radius 3 is 2.83 bits per heavy atom. The number of piperidine rings is 1. The minimum Gasteiger partial charge on any atom is -0.316 e. The van der Waals surface area contributed by atoms with Gasteiger partial charge in [0, 0.05) is 0 Å². The minimum atomic E-state index is 0.904. The van der Waals surface area contributed by atoms with E-state index in [1.807, 2.05) is 0 Å². The van der Waals surface area contributed by atoms with Crippen molar-refractivity contribution in [2.24, 2.45) is 11.8 Å². The van der Waals surface area contributed by atoms with Crippen LogP contribution in [0.4, 0.5) is 0 Å². The highest BCUT2D eigenvalue weighted by Crippen LogP contribution is 2.15. The zero-order chi connectivity index (χ0) is 13.1. The smallest absolute Gasteiger partial charge is 0.00205 e. The van der Waals surface area contributed by atoms with Crippen molar-refractivity contribution < 1.29 is 0 Å². The topological polar surface area (TPSA) is 24.1 Å². The molecule has 0 aromatic heterocycles. The lowest BCUT2D eigenvalue weighted by atomic mass is 9.94. The maximum absolute atomic E-state index is 3.66. The van der Waals surface area contributed by atoms with Crippen LogP contribution in [0.2, 0.25) is 0 Å². The van der Waals surface area contributed by atoms with Gasteiger partial charge in [-0.1, -0.05) is 33.1 Å². The number of hydrogen-bond donors (Lipinski definition) is 2. The molecule has 0 aliphatic carbocycles. The molecule has 1 aliphatic heterocycles. The molecule has 2 unspecified atom stereocenters. The molecule has 2 N–H and O–H groups in total. The highest BCUT2D eigenvalue weighted by molar-refractivity contribution is 4.69. The normalized spacial score (nSPS) is 22.0. The summed E-state index contributed by atoms with van der Waals surface area (Å²) >= 11 is 0. The van der Waals surface area contributed by atoms with E-state index in [0.29, 0.717) is 0 Å². The Morgan fingerprint density at radius 1 is 1.28 bits per heavy atom. The van der Waals surface area contributed by atoms with E-state index in [1.165, 1.54) is 77.5 Å². The molecule has 0 spiro atoms. The van der Waals surface area contributed by atoms with E-state index in [2.05, 4.69) is 24.5 Å². The van der Waals surface area contributed by atoms with Crippen molar-refractivity contribution in [1.29, 1.82) is 0 Å². The van der Waals surface area contributed by atoms with Crippen LogP contribution in [-0.2, 0) is 0 Å². The molecule has 18 heavy (non-hydrogen) atoms. The average Bonchev–Trinajstić information content (AvgIpc) is 2.43. The molecule has 0 aromatic rings. The van der Waals surface area contributed by atoms with Crippen LogP contribution in [0.5, 0.6) is 0 Å². The van der Waals surface area contributed by atoms with Gasteiger partial charge in [-0.15, -0.1) is 0 Å². The molecule has 2 heteroatoms. The van der Waals surface area contributed by atoms with Crippen molar-refractivity contribution in [3.8, 4) is 0 Å². The van der Waals surface area contributed by atoms with Crippen molar-refractivity contribution >= 4 is 0 Å². The fourth-order valence-corrected chi connectivity index (χ4v) is 2.94. The third kappa shape index (κ3) is 7.38. The monoisotopic (exact) mass is 254 g/mol. The first kappa shape index (κ1) is 16.0. The summed E-state index contributed by atoms with van der Waals surface area (Å²) in [4.78, 5) is 0. The van der Waals surface area contributed by atoms with Gasteiger partial charge in [0.25, 0.3) is 0 Å². The molecule has 1 saturated heterocycles. The molecule has 0 saturated carbocycles. The molecule has 2 nitrogen and oxygen atoms in total. The molecule has 1 fully saturated rings. The van der Waals surface area contributed by atoms with E-state index in [-0.39, 0.29) is 0 Å². The Bertz CT molecular complexity index is 176. The number of nitrogens with one attached hydrogen (secondary N) is 2. The Morgan fingerprint density at radius 2 is 2.17 bits per heavy atom. The van der Waals surface area contributed by atoms with Crippen molar-refractivity contribution in [3.63, 3.8) is 0 Å². The molecular formula is C16H34N2. The van der Waals surface area contributed by atoms with Crippen LogP contribution in [0, 0.1) is 11.8 Å². The standard InChI is InChI=1S/C16H34N2/c1-3-5-8-15(4-2)13-17-11-6-9-16-10-7-12-18-14-16/h15-18H,3-14H2,1-2H3. The fourth-order valence-electron chi connectivity index (χ4n) is 2.94. The van der Waals surface area contributed by atoms with Gasteiger partial charge in [-0.2, -0.15) is 0 Å². The first-order valence-corrected chi connectivity index (χ1v) is 8.28. The summed E-state index contributed by atoms with van der Waals surface area (Å²) < 4.78 is 0. The Labute approximate surface area is 114 Å². The maximum Gasteiger partial charge on any atom is -0.00205 e. The lowest BCUT2D eigenvalue weighted by molar-refractivity contribution is 0.344. The summed E-state index contributed by atoms with van der Waals surface area (Å²) in [5, 5.41) is 7.17. The molecule has 1 rings (SSSR count). The third-order valence-electron chi connectivity index (χ3n) is 4.34. The molecule has 1 heterocycles. The average molecular weight is 254 g/mol. The number of hydrogen-bond acceptors (Lipinski definition) is 2. The quantitative estimate of drug-likeness (QED) is 0.582. The largest absolute Gasteiger partial charge is 0.316 e. The minimum absolute atomic E-state index is 0.904. The second kappa shape index (κ2) is 10.8. The van der Waals surface area contributed by atoms with Crippen molar-refractivity contribution in [2.75, 3.05) is 26.2 Å². The third-order valence-corrected chi connectivity index (χ3v) is 4.34. The van der Waals surface area contributed by atoms with E-state index in [0.717, 1.165) is 11.8 Å². The van der Waals surface area contributed by atoms with Crippen LogP contribution in [0.3, 0.4) is 0 Å². The van der Waals surface area contributed by atoms with E-state index in [1.54, 1.807) is 0 Å². The van der Waals surface area contributed by atoms with Crippen LogP contribution < -0.4 is 10.6 Å². The van der Waals surface area contributed by atoms with Gasteiger partial charge in [0.2, 0.25) is 0 Å². The Hall–Kier alpha value is -0.0800. The molecule has 108 valence electrons. The van der Waals surface area contributed by atoms with Gasteiger partial charge in [-0.3, -0.25) is 0 Å². The molecule has 0 radical (unpaired) electrons. The summed E-state index contributed by atoms with van der Waals surface area (Å²) in [6, 6.07) is 0. The predicted octanol–water partition coefficient (Wildman–Crippen LogP) is 3.57.